The molecule has 21 heavy (non-hydrogen) atoms. The Balaban J connectivity index is 1.90. The number of nitro groups is 1. The van der Waals surface area contributed by atoms with Gasteiger partial charge in [0.05, 0.1) is 6.07 Å². The molecule has 2 aromatic rings. The fraction of sp³-hybridized carbons (Fsp3) is 0.538. The highest BCUT2D eigenvalue weighted by atomic mass is 16.6. The van der Waals surface area contributed by atoms with E-state index in [1.807, 2.05) is 0 Å². The van der Waals surface area contributed by atoms with Gasteiger partial charge >= 0.3 is 5.88 Å². The minimum Gasteiger partial charge on any atom is -0.418 e. The lowest BCUT2D eigenvalue weighted by atomic mass is 10.1. The molecule has 0 aliphatic carbocycles. The zero-order valence-electron chi connectivity index (χ0n) is 12.3. The number of hydrogen-bond acceptors (Lipinski definition) is 7. The molecule has 0 aromatic carbocycles. The summed E-state index contributed by atoms with van der Waals surface area (Å²) in [6.45, 7) is 7.14. The third-order valence-electron chi connectivity index (χ3n) is 2.67. The van der Waals surface area contributed by atoms with Gasteiger partial charge < -0.3 is 14.2 Å². The number of furan rings is 1. The van der Waals surface area contributed by atoms with Crippen LogP contribution in [0, 0.1) is 10.1 Å². The van der Waals surface area contributed by atoms with Crippen molar-refractivity contribution in [3.05, 3.63) is 28.1 Å². The number of nitrogens with zero attached hydrogens (tertiary/aromatic N) is 3. The molecule has 0 aliphatic heterocycles. The molecule has 8 nitrogen and oxygen atoms in total. The lowest BCUT2D eigenvalue weighted by molar-refractivity contribution is -0.401. The molecule has 114 valence electrons. The summed E-state index contributed by atoms with van der Waals surface area (Å²) in [5, 5.41) is 21.6. The molecule has 0 radical (unpaired) electrons. The summed E-state index contributed by atoms with van der Waals surface area (Å²) >= 11 is 0. The first kappa shape index (κ1) is 15.2. The van der Waals surface area contributed by atoms with Gasteiger partial charge in [-0.05, 0) is 39.8 Å². The Bertz CT molecular complexity index is 612. The molecule has 0 fully saturated rings. The van der Waals surface area contributed by atoms with Gasteiger partial charge in [0.15, 0.2) is 5.76 Å². The highest BCUT2D eigenvalue weighted by molar-refractivity contribution is 5.45. The number of aryl methyl sites for hydroxylation is 1. The van der Waals surface area contributed by atoms with Gasteiger partial charge in [0.2, 0.25) is 5.89 Å². The van der Waals surface area contributed by atoms with Gasteiger partial charge in [-0.25, -0.2) is 0 Å². The van der Waals surface area contributed by atoms with E-state index in [2.05, 4.69) is 36.3 Å². The van der Waals surface area contributed by atoms with E-state index >= 15 is 0 Å². The third-order valence-corrected chi connectivity index (χ3v) is 2.67. The maximum absolute atomic E-state index is 10.5. The van der Waals surface area contributed by atoms with E-state index < -0.39 is 4.92 Å². The van der Waals surface area contributed by atoms with Gasteiger partial charge in [0, 0.05) is 12.0 Å². The fourth-order valence-corrected chi connectivity index (χ4v) is 1.70. The van der Waals surface area contributed by atoms with Crippen LogP contribution in [0.15, 0.2) is 21.0 Å². The van der Waals surface area contributed by atoms with Crippen LogP contribution >= 0.6 is 0 Å². The Morgan fingerprint density at radius 1 is 1.29 bits per heavy atom. The molecule has 2 heterocycles. The molecule has 0 bridgehead atoms. The first-order valence-electron chi connectivity index (χ1n) is 6.67. The molecule has 0 unspecified atom stereocenters. The summed E-state index contributed by atoms with van der Waals surface area (Å²) in [7, 11) is 0. The summed E-state index contributed by atoms with van der Waals surface area (Å²) in [4.78, 5) is 9.93. The first-order valence-corrected chi connectivity index (χ1v) is 6.67. The van der Waals surface area contributed by atoms with E-state index in [-0.39, 0.29) is 23.1 Å². The Morgan fingerprint density at radius 2 is 2.05 bits per heavy atom. The average molecular weight is 294 g/mol. The number of rotatable bonds is 6. The van der Waals surface area contributed by atoms with Crippen LogP contribution in [0.1, 0.15) is 33.1 Å². The molecule has 8 heteroatoms. The van der Waals surface area contributed by atoms with Gasteiger partial charge in [-0.1, -0.05) is 0 Å². The zero-order chi connectivity index (χ0) is 15.5. The highest BCUT2D eigenvalue weighted by Crippen LogP contribution is 2.25. The van der Waals surface area contributed by atoms with E-state index in [0.717, 1.165) is 13.0 Å². The first-order chi connectivity index (χ1) is 9.85. The van der Waals surface area contributed by atoms with E-state index in [9.17, 15) is 10.1 Å². The van der Waals surface area contributed by atoms with Crippen LogP contribution in [0.4, 0.5) is 5.88 Å². The van der Waals surface area contributed by atoms with Crippen LogP contribution in [-0.2, 0) is 6.42 Å². The van der Waals surface area contributed by atoms with Crippen molar-refractivity contribution in [1.29, 1.82) is 0 Å². The van der Waals surface area contributed by atoms with E-state index in [0.29, 0.717) is 12.3 Å². The van der Waals surface area contributed by atoms with Gasteiger partial charge in [-0.2, -0.15) is 0 Å². The van der Waals surface area contributed by atoms with Gasteiger partial charge in [-0.3, -0.25) is 10.1 Å². The maximum atomic E-state index is 10.5. The molecular formula is C13H18N4O4. The van der Waals surface area contributed by atoms with Crippen LogP contribution in [0.2, 0.25) is 0 Å². The standard InChI is InChI=1S/C13H18N4O4/c1-13(2,3)14-8-4-5-10-15-16-12(21-10)9-6-7-11(20-9)17(18)19/h6-7,14H,4-5,8H2,1-3H3. The van der Waals surface area contributed by atoms with Crippen molar-refractivity contribution < 1.29 is 13.8 Å². The Morgan fingerprint density at radius 3 is 2.67 bits per heavy atom. The minimum atomic E-state index is -0.612. The summed E-state index contributed by atoms with van der Waals surface area (Å²) in [6.07, 6.45) is 1.50. The molecule has 1 N–H and O–H groups in total. The minimum absolute atomic E-state index is 0.0765. The van der Waals surface area contributed by atoms with Crippen LogP contribution in [0.25, 0.3) is 11.7 Å². The SMILES string of the molecule is CC(C)(C)NCCCc1nnc(-c2ccc([N+](=O)[O-])o2)o1. The van der Waals surface area contributed by atoms with E-state index in [4.69, 9.17) is 8.83 Å². The second-order valence-electron chi connectivity index (χ2n) is 5.68. The smallest absolute Gasteiger partial charge is 0.418 e. The monoisotopic (exact) mass is 294 g/mol. The molecule has 2 aromatic heterocycles. The summed E-state index contributed by atoms with van der Waals surface area (Å²) in [5.41, 5.74) is 0.0765. The van der Waals surface area contributed by atoms with Crippen molar-refractivity contribution in [2.45, 2.75) is 39.2 Å². The van der Waals surface area contributed by atoms with Gasteiger partial charge in [0.25, 0.3) is 5.89 Å². The van der Waals surface area contributed by atoms with Crippen LogP contribution in [0.3, 0.4) is 0 Å². The van der Waals surface area contributed by atoms with Crippen molar-refractivity contribution in [3.8, 4) is 11.7 Å². The molecule has 0 atom stereocenters. The third kappa shape index (κ3) is 4.38. The average Bonchev–Trinajstić information content (AvgIpc) is 3.02. The normalized spacial score (nSPS) is 11.8. The summed E-state index contributed by atoms with van der Waals surface area (Å²) in [6, 6.07) is 2.70. The van der Waals surface area contributed by atoms with Crippen LogP contribution < -0.4 is 5.32 Å². The Labute approximate surface area is 121 Å². The number of hydrogen-bond donors (Lipinski definition) is 1. The number of aromatic nitrogens is 2. The molecule has 0 spiro atoms. The summed E-state index contributed by atoms with van der Waals surface area (Å²) < 4.78 is 10.4. The predicted octanol–water partition coefficient (Wildman–Crippen LogP) is 2.56. The molecule has 2 rings (SSSR count). The highest BCUT2D eigenvalue weighted by Gasteiger charge is 2.17. The molecule has 0 amide bonds. The van der Waals surface area contributed by atoms with E-state index in [1.54, 1.807) is 0 Å². The second kappa shape index (κ2) is 6.04. The van der Waals surface area contributed by atoms with Crippen molar-refractivity contribution >= 4 is 5.88 Å². The second-order valence-corrected chi connectivity index (χ2v) is 5.68. The van der Waals surface area contributed by atoms with Crippen molar-refractivity contribution in [2.24, 2.45) is 0 Å². The van der Waals surface area contributed by atoms with Gasteiger partial charge in [-0.15, -0.1) is 10.2 Å². The predicted molar refractivity (Wildman–Crippen MR) is 74.7 cm³/mol. The fourth-order valence-electron chi connectivity index (χ4n) is 1.70. The molecular weight excluding hydrogens is 276 g/mol. The van der Waals surface area contributed by atoms with E-state index in [1.165, 1.54) is 12.1 Å². The lowest BCUT2D eigenvalue weighted by Crippen LogP contribution is -2.36. The molecule has 0 saturated carbocycles. The van der Waals surface area contributed by atoms with Gasteiger partial charge in [0.1, 0.15) is 4.92 Å². The van der Waals surface area contributed by atoms with Crippen LogP contribution in [0.5, 0.6) is 0 Å². The Hall–Kier alpha value is -2.22. The lowest BCUT2D eigenvalue weighted by Gasteiger charge is -2.19. The summed E-state index contributed by atoms with van der Waals surface area (Å²) in [5.74, 6) is 0.494. The largest absolute Gasteiger partial charge is 0.433 e. The van der Waals surface area contributed by atoms with Crippen molar-refractivity contribution in [2.75, 3.05) is 6.54 Å². The maximum Gasteiger partial charge on any atom is 0.433 e. The van der Waals surface area contributed by atoms with Crippen molar-refractivity contribution in [1.82, 2.24) is 15.5 Å². The topological polar surface area (TPSA) is 107 Å². The molecule has 0 aliphatic rings. The molecule has 0 saturated heterocycles. The quantitative estimate of drug-likeness (QED) is 0.495. The van der Waals surface area contributed by atoms with Crippen molar-refractivity contribution in [3.63, 3.8) is 0 Å². The number of nitrogens with one attached hydrogen (secondary N) is 1. The van der Waals surface area contributed by atoms with Crippen LogP contribution in [-0.4, -0.2) is 27.2 Å². The Kier molecular flexibility index (Phi) is 4.37. The zero-order valence-corrected chi connectivity index (χ0v) is 12.3.